The van der Waals surface area contributed by atoms with E-state index < -0.39 is 35.0 Å². The van der Waals surface area contributed by atoms with Gasteiger partial charge in [-0.15, -0.1) is 0 Å². The molecule has 1 aromatic rings. The first kappa shape index (κ1) is 27.5. The smallest absolute Gasteiger partial charge is 0.306 e. The van der Waals surface area contributed by atoms with Crippen LogP contribution in [0, 0.1) is 17.3 Å². The lowest BCUT2D eigenvalue weighted by molar-refractivity contribution is -0.165. The molecule has 35 heavy (non-hydrogen) atoms. The first-order valence-corrected chi connectivity index (χ1v) is 12.7. The van der Waals surface area contributed by atoms with Crippen molar-refractivity contribution in [1.29, 1.82) is 0 Å². The lowest BCUT2D eigenvalue weighted by atomic mass is 9.75. The van der Waals surface area contributed by atoms with Crippen LogP contribution in [0.1, 0.15) is 85.8 Å². The van der Waals surface area contributed by atoms with Gasteiger partial charge in [-0.2, -0.15) is 0 Å². The highest BCUT2D eigenvalue weighted by Gasteiger charge is 2.71. The first-order valence-electron chi connectivity index (χ1n) is 12.7. The molecule has 0 amide bonds. The standard InChI is InChI=1S/C28H41NO6/c1-18-10-9-13-27(6)28(33,35-27)25(32)23(19(2)17-21-11-7-8-15-29-21)34-22(30)12-14-26(4,5)24(31)20(3)16-18/h7-8,11,15,17-18,20,23,25,32-33H,9-10,12-14,16H2,1-6H3. The van der Waals surface area contributed by atoms with E-state index in [0.717, 1.165) is 19.3 Å². The van der Waals surface area contributed by atoms with E-state index in [1.165, 1.54) is 0 Å². The molecule has 0 radical (unpaired) electrons. The van der Waals surface area contributed by atoms with Crippen LogP contribution in [0.15, 0.2) is 30.0 Å². The van der Waals surface area contributed by atoms with Gasteiger partial charge in [0.25, 0.3) is 0 Å². The van der Waals surface area contributed by atoms with Gasteiger partial charge >= 0.3 is 5.97 Å². The minimum absolute atomic E-state index is 0.0255. The van der Waals surface area contributed by atoms with Gasteiger partial charge in [-0.3, -0.25) is 14.6 Å². The molecule has 7 heteroatoms. The number of hydrogen-bond donors (Lipinski definition) is 2. The number of carbonyl (C=O) groups is 2. The van der Waals surface area contributed by atoms with Gasteiger partial charge in [-0.1, -0.05) is 46.6 Å². The second-order valence-electron chi connectivity index (χ2n) is 11.4. The molecule has 3 rings (SSSR count). The topological polar surface area (TPSA) is 109 Å². The number of epoxide rings is 1. The van der Waals surface area contributed by atoms with Crippen molar-refractivity contribution in [3.8, 4) is 0 Å². The number of ketones is 1. The zero-order valence-corrected chi connectivity index (χ0v) is 21.9. The average molecular weight is 488 g/mol. The summed E-state index contributed by atoms with van der Waals surface area (Å²) in [6.07, 6.45) is 4.13. The predicted octanol–water partition coefficient (Wildman–Crippen LogP) is 4.46. The van der Waals surface area contributed by atoms with E-state index in [1.54, 1.807) is 38.3 Å². The van der Waals surface area contributed by atoms with Gasteiger partial charge in [0, 0.05) is 24.0 Å². The fourth-order valence-corrected chi connectivity index (χ4v) is 5.33. The normalized spacial score (nSPS) is 37.3. The number of aliphatic hydroxyl groups is 2. The van der Waals surface area contributed by atoms with E-state index >= 15 is 0 Å². The minimum atomic E-state index is -1.82. The molecule has 0 aromatic carbocycles. The van der Waals surface area contributed by atoms with Crippen molar-refractivity contribution in [1.82, 2.24) is 4.98 Å². The first-order chi connectivity index (χ1) is 16.3. The van der Waals surface area contributed by atoms with Gasteiger partial charge in [0.15, 0.2) is 12.2 Å². The highest BCUT2D eigenvalue weighted by molar-refractivity contribution is 5.86. The Hall–Kier alpha value is -2.09. The Labute approximate surface area is 208 Å². The van der Waals surface area contributed by atoms with Crippen LogP contribution >= 0.6 is 0 Å². The number of nitrogens with zero attached hydrogens (tertiary/aromatic N) is 1. The van der Waals surface area contributed by atoms with Gasteiger partial charge in [-0.25, -0.2) is 0 Å². The van der Waals surface area contributed by atoms with Crippen LogP contribution in [-0.4, -0.2) is 50.5 Å². The van der Waals surface area contributed by atoms with Gasteiger partial charge in [0.05, 0.1) is 5.69 Å². The molecule has 3 heterocycles. The second kappa shape index (κ2) is 10.5. The maximum absolute atomic E-state index is 13.1. The van der Waals surface area contributed by atoms with Crippen molar-refractivity contribution in [2.45, 2.75) is 104 Å². The van der Waals surface area contributed by atoms with Crippen LogP contribution in [0.5, 0.6) is 0 Å². The van der Waals surface area contributed by atoms with Crippen molar-refractivity contribution in [3.05, 3.63) is 35.7 Å². The van der Waals surface area contributed by atoms with E-state index in [1.807, 2.05) is 26.8 Å². The fraction of sp³-hybridized carbons (Fsp3) is 0.679. The van der Waals surface area contributed by atoms with Gasteiger partial charge < -0.3 is 19.7 Å². The third kappa shape index (κ3) is 6.19. The molecule has 7 nitrogen and oxygen atoms in total. The molecule has 1 aromatic heterocycles. The van der Waals surface area contributed by atoms with Crippen molar-refractivity contribution in [2.24, 2.45) is 17.3 Å². The van der Waals surface area contributed by atoms with Gasteiger partial charge in [-0.05, 0) is 62.8 Å². The van der Waals surface area contributed by atoms with E-state index in [0.29, 0.717) is 30.0 Å². The molecular weight excluding hydrogens is 446 g/mol. The lowest BCUT2D eigenvalue weighted by Crippen LogP contribution is -2.47. The molecule has 0 spiro atoms. The van der Waals surface area contributed by atoms with Crippen LogP contribution in [0.25, 0.3) is 6.08 Å². The third-order valence-electron chi connectivity index (χ3n) is 7.73. The maximum Gasteiger partial charge on any atom is 0.306 e. The highest BCUT2D eigenvalue weighted by Crippen LogP contribution is 2.53. The molecule has 2 saturated heterocycles. The largest absolute Gasteiger partial charge is 0.455 e. The van der Waals surface area contributed by atoms with Crippen LogP contribution in [0.2, 0.25) is 0 Å². The summed E-state index contributed by atoms with van der Waals surface area (Å²) in [6.45, 7) is 11.3. The molecule has 194 valence electrons. The minimum Gasteiger partial charge on any atom is -0.455 e. The number of rotatable bonds is 2. The summed E-state index contributed by atoms with van der Waals surface area (Å²) >= 11 is 0. The summed E-state index contributed by atoms with van der Waals surface area (Å²) < 4.78 is 11.5. The number of pyridine rings is 1. The van der Waals surface area contributed by atoms with Crippen molar-refractivity contribution >= 4 is 17.8 Å². The van der Waals surface area contributed by atoms with Crippen molar-refractivity contribution in [2.75, 3.05) is 0 Å². The number of aromatic nitrogens is 1. The van der Waals surface area contributed by atoms with E-state index in [-0.39, 0.29) is 18.1 Å². The zero-order valence-electron chi connectivity index (χ0n) is 21.9. The summed E-state index contributed by atoms with van der Waals surface area (Å²) in [7, 11) is 0. The molecule has 2 aliphatic rings. The third-order valence-corrected chi connectivity index (χ3v) is 7.73. The SMILES string of the molecule is CC(=Cc1ccccn1)C1OC(=O)CCC(C)(C)C(=O)C(C)CC(C)CCCC2(C)OC2(O)C1O. The summed E-state index contributed by atoms with van der Waals surface area (Å²) in [6, 6.07) is 5.43. The number of aliphatic hydroxyl groups excluding tert-OH is 1. The van der Waals surface area contributed by atoms with E-state index in [2.05, 4.69) is 11.9 Å². The highest BCUT2D eigenvalue weighted by atomic mass is 16.8. The predicted molar refractivity (Wildman–Crippen MR) is 133 cm³/mol. The summed E-state index contributed by atoms with van der Waals surface area (Å²) in [4.78, 5) is 30.3. The molecule has 2 N–H and O–H groups in total. The molecule has 6 atom stereocenters. The summed E-state index contributed by atoms with van der Waals surface area (Å²) in [5, 5.41) is 22.5. The van der Waals surface area contributed by atoms with Gasteiger partial charge in [0.1, 0.15) is 11.4 Å². The van der Waals surface area contributed by atoms with Crippen LogP contribution < -0.4 is 0 Å². The molecule has 2 fully saturated rings. The van der Waals surface area contributed by atoms with Crippen molar-refractivity contribution in [3.63, 3.8) is 0 Å². The number of esters is 1. The molecule has 2 aliphatic heterocycles. The Balaban J connectivity index is 1.90. The molecule has 0 bridgehead atoms. The van der Waals surface area contributed by atoms with Crippen LogP contribution in [0.4, 0.5) is 0 Å². The molecule has 6 unspecified atom stereocenters. The molecular formula is C28H41NO6. The Kier molecular flexibility index (Phi) is 8.24. The van der Waals surface area contributed by atoms with Crippen LogP contribution in [0.3, 0.4) is 0 Å². The Morgan fingerprint density at radius 3 is 2.54 bits per heavy atom. The Bertz CT molecular complexity index is 944. The number of ether oxygens (including phenoxy) is 2. The quantitative estimate of drug-likeness (QED) is 0.468. The van der Waals surface area contributed by atoms with Crippen molar-refractivity contribution < 1.29 is 29.3 Å². The Morgan fingerprint density at radius 1 is 1.17 bits per heavy atom. The monoisotopic (exact) mass is 487 g/mol. The average Bonchev–Trinajstić information content (AvgIpc) is 3.36. The van der Waals surface area contributed by atoms with Gasteiger partial charge in [0.2, 0.25) is 5.79 Å². The molecule has 0 saturated carbocycles. The van der Waals surface area contributed by atoms with E-state index in [4.69, 9.17) is 9.47 Å². The number of Topliss-reactive ketones (excluding diaryl/α,β-unsaturated/α-hetero) is 1. The maximum atomic E-state index is 13.1. The zero-order chi connectivity index (χ0) is 26.0. The summed E-state index contributed by atoms with van der Waals surface area (Å²) in [5.74, 6) is -1.98. The number of fused-ring (bicyclic) bond motifs is 1. The Morgan fingerprint density at radius 2 is 1.89 bits per heavy atom. The fourth-order valence-electron chi connectivity index (χ4n) is 5.33. The summed E-state index contributed by atoms with van der Waals surface area (Å²) in [5.41, 5.74) is -0.433. The number of carbonyl (C=O) groups excluding carboxylic acids is 2. The number of hydrogen-bond acceptors (Lipinski definition) is 7. The number of cyclic esters (lactones) is 1. The lowest BCUT2D eigenvalue weighted by Gasteiger charge is -2.30. The van der Waals surface area contributed by atoms with E-state index in [9.17, 15) is 19.8 Å². The molecule has 0 aliphatic carbocycles. The van der Waals surface area contributed by atoms with Crippen LogP contribution in [-0.2, 0) is 19.1 Å². The second-order valence-corrected chi connectivity index (χ2v) is 11.4.